The topological polar surface area (TPSA) is 56.5 Å². The van der Waals surface area contributed by atoms with Gasteiger partial charge in [-0.05, 0) is 18.2 Å². The van der Waals surface area contributed by atoms with E-state index in [2.05, 4.69) is 101 Å². The van der Waals surface area contributed by atoms with Crippen LogP contribution in [0.15, 0.2) is 116 Å². The normalized spacial score (nSPS) is 12.2. The molecule has 0 unspecified atom stereocenters. The summed E-state index contributed by atoms with van der Waals surface area (Å²) in [7, 11) is 0. The minimum atomic E-state index is 0.663. The highest BCUT2D eigenvalue weighted by Crippen LogP contribution is 2.51. The van der Waals surface area contributed by atoms with Crippen LogP contribution in [0.4, 0.5) is 0 Å². The monoisotopic (exact) mass is 585 g/mol. The van der Waals surface area contributed by atoms with E-state index >= 15 is 0 Å². The number of benzene rings is 5. The second-order valence-corrected chi connectivity index (χ2v) is 12.8. The van der Waals surface area contributed by atoms with Crippen molar-refractivity contribution in [3.05, 3.63) is 116 Å². The van der Waals surface area contributed by atoms with Crippen LogP contribution in [-0.2, 0) is 0 Å². The number of thiophene rings is 2. The Bertz CT molecular complexity index is 2740. The Labute approximate surface area is 252 Å². The summed E-state index contributed by atoms with van der Waals surface area (Å²) >= 11 is 3.62. The molecule has 5 heterocycles. The van der Waals surface area contributed by atoms with Crippen molar-refractivity contribution in [3.8, 4) is 17.2 Å². The molecule has 5 nitrogen and oxygen atoms in total. The van der Waals surface area contributed by atoms with Crippen LogP contribution < -0.4 is 0 Å². The van der Waals surface area contributed by atoms with Gasteiger partial charge in [0.25, 0.3) is 0 Å². The van der Waals surface area contributed by atoms with Gasteiger partial charge in [0.1, 0.15) is 6.33 Å². The number of nitrogens with zero attached hydrogens (tertiary/aromatic N) is 5. The van der Waals surface area contributed by atoms with Crippen LogP contribution in [0.5, 0.6) is 0 Å². The molecule has 0 fully saturated rings. The molecule has 5 aromatic carbocycles. The third-order valence-electron chi connectivity index (χ3n) is 8.36. The Balaban J connectivity index is 1.48. The lowest BCUT2D eigenvalue weighted by atomic mass is 10.0. The highest BCUT2D eigenvalue weighted by molar-refractivity contribution is 7.30. The van der Waals surface area contributed by atoms with E-state index < -0.39 is 0 Å². The number of hydrogen-bond acceptors (Lipinski definition) is 6. The van der Waals surface area contributed by atoms with Gasteiger partial charge in [0.15, 0.2) is 0 Å². The summed E-state index contributed by atoms with van der Waals surface area (Å²) in [4.78, 5) is 19.8. The summed E-state index contributed by atoms with van der Waals surface area (Å²) in [6.07, 6.45) is 3.60. The van der Waals surface area contributed by atoms with E-state index in [0.29, 0.717) is 5.95 Å². The van der Waals surface area contributed by atoms with Crippen molar-refractivity contribution in [2.24, 2.45) is 0 Å². The number of rotatable bonds is 2. The second kappa shape index (κ2) is 8.64. The van der Waals surface area contributed by atoms with E-state index in [4.69, 9.17) is 15.0 Å². The standard InChI is InChI=1S/C36H19N5S2/c1-2-10-20(11-3-1)31-21-12-4-7-15-24(21)39-36(40-31)41-25-16-8-5-13-22(25)28-30-32-27(18-37-19-38-32)43-34(30)29-23-14-6-9-17-26(23)42-35(29)33(28)41/h1-19H. The van der Waals surface area contributed by atoms with Gasteiger partial charge in [-0.1, -0.05) is 84.9 Å². The fourth-order valence-electron chi connectivity index (χ4n) is 6.59. The number of fused-ring (bicyclic) bond motifs is 13. The third-order valence-corrected chi connectivity index (χ3v) is 10.7. The summed E-state index contributed by atoms with van der Waals surface area (Å²) < 4.78 is 7.12. The van der Waals surface area contributed by atoms with Gasteiger partial charge in [-0.2, -0.15) is 0 Å². The summed E-state index contributed by atoms with van der Waals surface area (Å²) in [5.41, 5.74) is 6.10. The molecule has 0 N–H and O–H groups in total. The lowest BCUT2D eigenvalue weighted by molar-refractivity contribution is 1.02. The van der Waals surface area contributed by atoms with Gasteiger partial charge < -0.3 is 0 Å². The Kier molecular flexibility index (Phi) is 4.69. The molecule has 10 aromatic rings. The molecular weight excluding hydrogens is 567 g/mol. The lowest BCUT2D eigenvalue weighted by Gasteiger charge is -2.12. The maximum atomic E-state index is 5.34. The Morgan fingerprint density at radius 3 is 2.23 bits per heavy atom. The third kappa shape index (κ3) is 3.15. The molecule has 10 rings (SSSR count). The molecule has 0 saturated heterocycles. The van der Waals surface area contributed by atoms with E-state index in [9.17, 15) is 0 Å². The van der Waals surface area contributed by atoms with Crippen LogP contribution in [0, 0.1) is 0 Å². The molecule has 0 aliphatic rings. The van der Waals surface area contributed by atoms with Crippen LogP contribution in [0.3, 0.4) is 0 Å². The fraction of sp³-hybridized carbons (Fsp3) is 0. The first-order valence-electron chi connectivity index (χ1n) is 14.1. The van der Waals surface area contributed by atoms with Crippen LogP contribution >= 0.6 is 22.7 Å². The summed E-state index contributed by atoms with van der Waals surface area (Å²) in [6, 6.07) is 36.0. The van der Waals surface area contributed by atoms with Gasteiger partial charge in [-0.3, -0.25) is 4.57 Å². The molecule has 0 amide bonds. The zero-order valence-electron chi connectivity index (χ0n) is 22.5. The molecule has 0 atom stereocenters. The SMILES string of the molecule is c1ccc(-c2nc(-n3c4ccccc4c4c5c6ncncc6sc5c5c6ccccc6sc5c43)nc3ccccc23)cc1. The molecule has 0 spiro atoms. The van der Waals surface area contributed by atoms with Crippen LogP contribution in [0.1, 0.15) is 0 Å². The molecule has 0 saturated carbocycles. The van der Waals surface area contributed by atoms with Crippen LogP contribution in [0.2, 0.25) is 0 Å². The second-order valence-electron chi connectivity index (χ2n) is 10.7. The van der Waals surface area contributed by atoms with E-state index in [1.807, 2.05) is 29.7 Å². The van der Waals surface area contributed by atoms with Crippen molar-refractivity contribution in [1.82, 2.24) is 24.5 Å². The minimum Gasteiger partial charge on any atom is -0.276 e. The van der Waals surface area contributed by atoms with Crippen LogP contribution in [0.25, 0.3) is 90.4 Å². The Morgan fingerprint density at radius 2 is 1.33 bits per heavy atom. The molecule has 0 bridgehead atoms. The zero-order valence-corrected chi connectivity index (χ0v) is 24.2. The van der Waals surface area contributed by atoms with Crippen molar-refractivity contribution in [2.45, 2.75) is 0 Å². The van der Waals surface area contributed by atoms with E-state index in [-0.39, 0.29) is 0 Å². The molecule has 0 aliphatic heterocycles. The summed E-state index contributed by atoms with van der Waals surface area (Å²) in [5, 5.41) is 7.08. The van der Waals surface area contributed by atoms with Gasteiger partial charge in [0.2, 0.25) is 5.95 Å². The zero-order chi connectivity index (χ0) is 28.1. The molecule has 200 valence electrons. The molecular formula is C36H19N5S2. The first kappa shape index (κ1) is 23.3. The van der Waals surface area contributed by atoms with Gasteiger partial charge in [-0.25, -0.2) is 19.9 Å². The molecule has 43 heavy (non-hydrogen) atoms. The maximum Gasteiger partial charge on any atom is 0.235 e. The molecule has 0 aliphatic carbocycles. The van der Waals surface area contributed by atoms with E-state index in [0.717, 1.165) is 48.8 Å². The molecule has 7 heteroatoms. The van der Waals surface area contributed by atoms with Crippen molar-refractivity contribution in [1.29, 1.82) is 0 Å². The Morgan fingerprint density at radius 1 is 0.581 bits per heavy atom. The first-order valence-corrected chi connectivity index (χ1v) is 15.7. The van der Waals surface area contributed by atoms with Crippen molar-refractivity contribution >= 4 is 95.9 Å². The van der Waals surface area contributed by atoms with Gasteiger partial charge in [-0.15, -0.1) is 22.7 Å². The highest BCUT2D eigenvalue weighted by Gasteiger charge is 2.26. The predicted octanol–water partition coefficient (Wildman–Crippen LogP) is 9.92. The molecule has 0 radical (unpaired) electrons. The van der Waals surface area contributed by atoms with Gasteiger partial charge in [0, 0.05) is 53.5 Å². The Hall–Kier alpha value is -5.24. The summed E-state index contributed by atoms with van der Waals surface area (Å²) in [6.45, 7) is 0. The summed E-state index contributed by atoms with van der Waals surface area (Å²) in [5.74, 6) is 0.663. The van der Waals surface area contributed by atoms with Gasteiger partial charge >= 0.3 is 0 Å². The highest BCUT2D eigenvalue weighted by atomic mass is 32.1. The smallest absolute Gasteiger partial charge is 0.235 e. The number of para-hydroxylation sites is 2. The van der Waals surface area contributed by atoms with Crippen molar-refractivity contribution in [3.63, 3.8) is 0 Å². The fourth-order valence-corrected chi connectivity index (χ4v) is 9.10. The number of hydrogen-bond donors (Lipinski definition) is 0. The molecule has 5 aromatic heterocycles. The van der Waals surface area contributed by atoms with E-state index in [1.54, 1.807) is 17.7 Å². The quantitative estimate of drug-likeness (QED) is 0.203. The largest absolute Gasteiger partial charge is 0.276 e. The first-order chi connectivity index (χ1) is 21.3. The van der Waals surface area contributed by atoms with Crippen molar-refractivity contribution < 1.29 is 0 Å². The minimum absolute atomic E-state index is 0.663. The lowest BCUT2D eigenvalue weighted by Crippen LogP contribution is -2.03. The average Bonchev–Trinajstić information content (AvgIpc) is 3.74. The average molecular weight is 586 g/mol. The van der Waals surface area contributed by atoms with Gasteiger partial charge in [0.05, 0.1) is 37.2 Å². The van der Waals surface area contributed by atoms with Crippen LogP contribution in [-0.4, -0.2) is 24.5 Å². The van der Waals surface area contributed by atoms with Crippen molar-refractivity contribution in [2.75, 3.05) is 0 Å². The van der Waals surface area contributed by atoms with E-state index in [1.165, 1.54) is 35.6 Å². The maximum absolute atomic E-state index is 5.34. The number of aromatic nitrogens is 5. The predicted molar refractivity (Wildman–Crippen MR) is 181 cm³/mol.